The molecule has 0 saturated heterocycles. The van der Waals surface area contributed by atoms with Crippen LogP contribution in [0.3, 0.4) is 0 Å². The normalized spacial score (nSPS) is 13.8. The molecule has 0 radical (unpaired) electrons. The molecule has 0 aliphatic rings. The van der Waals surface area contributed by atoms with E-state index in [4.69, 9.17) is 9.47 Å². The van der Waals surface area contributed by atoms with Crippen LogP contribution in [0.15, 0.2) is 30.6 Å². The lowest BCUT2D eigenvalue weighted by Gasteiger charge is -2.20. The highest BCUT2D eigenvalue weighted by Gasteiger charge is 2.14. The fraction of sp³-hybridized carbons (Fsp3) is 0.400. The van der Waals surface area contributed by atoms with Gasteiger partial charge in [-0.15, -0.1) is 0 Å². The van der Waals surface area contributed by atoms with Crippen molar-refractivity contribution in [3.63, 3.8) is 0 Å². The van der Waals surface area contributed by atoms with Gasteiger partial charge in [0.2, 0.25) is 0 Å². The van der Waals surface area contributed by atoms with Crippen LogP contribution in [0.4, 0.5) is 0 Å². The Balaban J connectivity index is 2.11. The van der Waals surface area contributed by atoms with Crippen molar-refractivity contribution < 1.29 is 9.47 Å². The van der Waals surface area contributed by atoms with Gasteiger partial charge in [-0.05, 0) is 31.5 Å². The van der Waals surface area contributed by atoms with E-state index in [0.29, 0.717) is 0 Å². The van der Waals surface area contributed by atoms with Crippen molar-refractivity contribution in [2.24, 2.45) is 0 Å². The van der Waals surface area contributed by atoms with E-state index in [1.807, 2.05) is 30.6 Å². The van der Waals surface area contributed by atoms with E-state index in [2.05, 4.69) is 29.4 Å². The highest BCUT2D eigenvalue weighted by molar-refractivity contribution is 5.43. The van der Waals surface area contributed by atoms with E-state index < -0.39 is 0 Å². The minimum atomic E-state index is 0.194. The molecule has 0 spiro atoms. The largest absolute Gasteiger partial charge is 0.493 e. The molecule has 2 N–H and O–H groups in total. The molecule has 20 heavy (non-hydrogen) atoms. The van der Waals surface area contributed by atoms with Gasteiger partial charge >= 0.3 is 0 Å². The van der Waals surface area contributed by atoms with E-state index in [0.717, 1.165) is 22.6 Å². The first kappa shape index (κ1) is 14.4. The molecule has 2 unspecified atom stereocenters. The summed E-state index contributed by atoms with van der Waals surface area (Å²) >= 11 is 0. The molecule has 1 aromatic heterocycles. The number of aromatic nitrogens is 2. The summed E-state index contributed by atoms with van der Waals surface area (Å²) in [5.74, 6) is 1.49. The number of benzene rings is 1. The summed E-state index contributed by atoms with van der Waals surface area (Å²) in [6.45, 7) is 4.24. The number of nitrogens with one attached hydrogen (secondary N) is 2. The number of methoxy groups -OCH3 is 2. The zero-order chi connectivity index (χ0) is 14.5. The topological polar surface area (TPSA) is 59.2 Å². The van der Waals surface area contributed by atoms with E-state index in [-0.39, 0.29) is 12.1 Å². The summed E-state index contributed by atoms with van der Waals surface area (Å²) in [4.78, 5) is 0. The van der Waals surface area contributed by atoms with E-state index in [1.54, 1.807) is 14.2 Å². The van der Waals surface area contributed by atoms with Gasteiger partial charge in [0.25, 0.3) is 0 Å². The number of nitrogens with zero attached hydrogens (tertiary/aromatic N) is 1. The molecule has 108 valence electrons. The van der Waals surface area contributed by atoms with Crippen molar-refractivity contribution in [1.82, 2.24) is 15.5 Å². The predicted octanol–water partition coefficient (Wildman–Crippen LogP) is 2.84. The summed E-state index contributed by atoms with van der Waals surface area (Å²) in [6.07, 6.45) is 3.73. The third kappa shape index (κ3) is 3.11. The Hall–Kier alpha value is -2.01. The lowest BCUT2D eigenvalue weighted by atomic mass is 10.1. The Morgan fingerprint density at radius 3 is 2.35 bits per heavy atom. The second kappa shape index (κ2) is 6.43. The molecule has 0 fully saturated rings. The predicted molar refractivity (Wildman–Crippen MR) is 78.1 cm³/mol. The maximum atomic E-state index is 5.34. The fourth-order valence-electron chi connectivity index (χ4n) is 2.19. The van der Waals surface area contributed by atoms with Gasteiger partial charge in [0.05, 0.1) is 20.4 Å². The van der Waals surface area contributed by atoms with Crippen LogP contribution in [0, 0.1) is 0 Å². The van der Waals surface area contributed by atoms with Crippen LogP contribution in [0.1, 0.15) is 37.1 Å². The molecular weight excluding hydrogens is 254 g/mol. The van der Waals surface area contributed by atoms with E-state index in [9.17, 15) is 0 Å². The molecule has 2 aromatic rings. The molecule has 1 heterocycles. The Bertz CT molecular complexity index is 540. The summed E-state index contributed by atoms with van der Waals surface area (Å²) in [5, 5.41) is 10.3. The van der Waals surface area contributed by atoms with Gasteiger partial charge in [-0.1, -0.05) is 6.07 Å². The third-order valence-corrected chi connectivity index (χ3v) is 3.43. The van der Waals surface area contributed by atoms with Crippen LogP contribution >= 0.6 is 0 Å². The number of ether oxygens (including phenoxy) is 2. The first-order chi connectivity index (χ1) is 9.65. The minimum absolute atomic E-state index is 0.194. The molecule has 2 atom stereocenters. The SMILES string of the molecule is COc1ccc(C(C)NC(C)c2cn[nH]c2)cc1OC. The van der Waals surface area contributed by atoms with Crippen molar-refractivity contribution >= 4 is 0 Å². The molecule has 0 amide bonds. The molecular formula is C15H21N3O2. The number of aromatic amines is 1. The second-order valence-electron chi connectivity index (χ2n) is 4.76. The standard InChI is InChI=1S/C15H21N3O2/c1-10(18-11(2)13-8-16-17-9-13)12-5-6-14(19-3)15(7-12)20-4/h5-11,18H,1-4H3,(H,16,17). The van der Waals surface area contributed by atoms with Crippen LogP contribution < -0.4 is 14.8 Å². The molecule has 5 heteroatoms. The average molecular weight is 275 g/mol. The van der Waals surface area contributed by atoms with Gasteiger partial charge in [-0.2, -0.15) is 5.10 Å². The Labute approximate surface area is 119 Å². The minimum Gasteiger partial charge on any atom is -0.493 e. The molecule has 0 bridgehead atoms. The number of hydrogen-bond donors (Lipinski definition) is 2. The molecule has 2 rings (SSSR count). The number of rotatable bonds is 6. The molecule has 0 saturated carbocycles. The van der Waals surface area contributed by atoms with Gasteiger partial charge in [0.15, 0.2) is 11.5 Å². The van der Waals surface area contributed by atoms with Gasteiger partial charge in [-0.25, -0.2) is 0 Å². The maximum absolute atomic E-state index is 5.34. The van der Waals surface area contributed by atoms with Crippen molar-refractivity contribution in [3.8, 4) is 11.5 Å². The molecule has 0 aliphatic carbocycles. The van der Waals surface area contributed by atoms with Crippen molar-refractivity contribution in [1.29, 1.82) is 0 Å². The van der Waals surface area contributed by atoms with Crippen LogP contribution in [0.25, 0.3) is 0 Å². The smallest absolute Gasteiger partial charge is 0.161 e. The monoisotopic (exact) mass is 275 g/mol. The quantitative estimate of drug-likeness (QED) is 0.851. The van der Waals surface area contributed by atoms with Crippen LogP contribution in [-0.4, -0.2) is 24.4 Å². The molecule has 0 aliphatic heterocycles. The van der Waals surface area contributed by atoms with Crippen LogP contribution in [0.5, 0.6) is 11.5 Å². The Kier molecular flexibility index (Phi) is 4.63. The van der Waals surface area contributed by atoms with Gasteiger partial charge in [-0.3, -0.25) is 5.10 Å². The Morgan fingerprint density at radius 2 is 1.75 bits per heavy atom. The number of H-pyrrole nitrogens is 1. The second-order valence-corrected chi connectivity index (χ2v) is 4.76. The van der Waals surface area contributed by atoms with Crippen LogP contribution in [0.2, 0.25) is 0 Å². The molecule has 1 aromatic carbocycles. The Morgan fingerprint density at radius 1 is 1.05 bits per heavy atom. The van der Waals surface area contributed by atoms with Gasteiger partial charge in [0, 0.05) is 23.8 Å². The highest BCUT2D eigenvalue weighted by Crippen LogP contribution is 2.30. The van der Waals surface area contributed by atoms with Crippen molar-refractivity contribution in [2.45, 2.75) is 25.9 Å². The van der Waals surface area contributed by atoms with Gasteiger partial charge < -0.3 is 14.8 Å². The fourth-order valence-corrected chi connectivity index (χ4v) is 2.19. The first-order valence-electron chi connectivity index (χ1n) is 6.62. The zero-order valence-corrected chi connectivity index (χ0v) is 12.3. The summed E-state index contributed by atoms with van der Waals surface area (Å²) < 4.78 is 10.6. The van der Waals surface area contributed by atoms with Crippen molar-refractivity contribution in [2.75, 3.05) is 14.2 Å². The number of hydrogen-bond acceptors (Lipinski definition) is 4. The van der Waals surface area contributed by atoms with E-state index >= 15 is 0 Å². The van der Waals surface area contributed by atoms with Gasteiger partial charge in [0.1, 0.15) is 0 Å². The average Bonchev–Trinajstić information content (AvgIpc) is 3.00. The lowest BCUT2D eigenvalue weighted by Crippen LogP contribution is -2.22. The zero-order valence-electron chi connectivity index (χ0n) is 12.3. The lowest BCUT2D eigenvalue weighted by molar-refractivity contribution is 0.353. The summed E-state index contributed by atoms with van der Waals surface area (Å²) in [7, 11) is 3.29. The highest BCUT2D eigenvalue weighted by atomic mass is 16.5. The maximum Gasteiger partial charge on any atom is 0.161 e. The molecule has 5 nitrogen and oxygen atoms in total. The van der Waals surface area contributed by atoms with Crippen molar-refractivity contribution in [3.05, 3.63) is 41.7 Å². The third-order valence-electron chi connectivity index (χ3n) is 3.43. The van der Waals surface area contributed by atoms with Crippen LogP contribution in [-0.2, 0) is 0 Å². The van der Waals surface area contributed by atoms with E-state index in [1.165, 1.54) is 0 Å². The summed E-state index contributed by atoms with van der Waals surface area (Å²) in [5.41, 5.74) is 2.29. The summed E-state index contributed by atoms with van der Waals surface area (Å²) in [6, 6.07) is 6.38. The first-order valence-corrected chi connectivity index (χ1v) is 6.62.